The maximum atomic E-state index is 13.4. The van der Waals surface area contributed by atoms with Gasteiger partial charge in [0.15, 0.2) is 0 Å². The lowest BCUT2D eigenvalue weighted by Gasteiger charge is -2.24. The Balaban J connectivity index is 1.41. The number of carbonyl (C=O) groups is 2. The second-order valence-electron chi connectivity index (χ2n) is 8.22. The van der Waals surface area contributed by atoms with Crippen molar-refractivity contribution in [3.8, 4) is 16.9 Å². The van der Waals surface area contributed by atoms with E-state index < -0.39 is 5.37 Å². The van der Waals surface area contributed by atoms with Crippen LogP contribution >= 0.6 is 11.8 Å². The van der Waals surface area contributed by atoms with Crippen molar-refractivity contribution < 1.29 is 14.3 Å². The number of hydrazine groups is 1. The fourth-order valence-electron chi connectivity index (χ4n) is 3.96. The third kappa shape index (κ3) is 5.04. The Morgan fingerprint density at radius 1 is 0.833 bits per heavy atom. The van der Waals surface area contributed by atoms with E-state index in [1.54, 1.807) is 19.2 Å². The molecule has 6 heteroatoms. The Kier molecular flexibility index (Phi) is 6.87. The molecule has 1 N–H and O–H groups in total. The predicted octanol–water partition coefficient (Wildman–Crippen LogP) is 6.32. The monoisotopic (exact) mass is 492 g/mol. The molecule has 0 radical (unpaired) electrons. The molecule has 1 aliphatic rings. The fourth-order valence-corrected chi connectivity index (χ4v) is 5.15. The van der Waals surface area contributed by atoms with Crippen molar-refractivity contribution in [1.29, 1.82) is 0 Å². The van der Waals surface area contributed by atoms with Crippen molar-refractivity contribution in [2.45, 2.75) is 5.37 Å². The molecule has 1 fully saturated rings. The zero-order chi connectivity index (χ0) is 24.9. The van der Waals surface area contributed by atoms with E-state index in [9.17, 15) is 9.59 Å². The van der Waals surface area contributed by atoms with Crippen LogP contribution in [0.15, 0.2) is 114 Å². The van der Waals surface area contributed by atoms with Gasteiger partial charge in [0, 0.05) is 5.56 Å². The molecule has 1 saturated heterocycles. The lowest BCUT2D eigenvalue weighted by atomic mass is 10.0. The van der Waals surface area contributed by atoms with E-state index in [2.05, 4.69) is 5.43 Å². The zero-order valence-corrected chi connectivity index (χ0v) is 20.4. The first-order chi connectivity index (χ1) is 17.6. The van der Waals surface area contributed by atoms with Crippen LogP contribution in [0, 0.1) is 0 Å². The Hall–Kier alpha value is -4.29. The lowest BCUT2D eigenvalue weighted by molar-refractivity contribution is -0.128. The van der Waals surface area contributed by atoms with Crippen LogP contribution in [-0.4, -0.2) is 23.9 Å². The van der Waals surface area contributed by atoms with E-state index in [0.29, 0.717) is 10.5 Å². The largest absolute Gasteiger partial charge is 0.497 e. The summed E-state index contributed by atoms with van der Waals surface area (Å²) in [5.74, 6) is 0.129. The molecule has 0 saturated carbocycles. The highest BCUT2D eigenvalue weighted by molar-refractivity contribution is 8.04. The first-order valence-electron chi connectivity index (χ1n) is 11.5. The standard InChI is InChI=1S/C30H24N2O3S/c1-35-26-18-16-25(17-19-26)30-32(29(34)27(36-30)20-21-8-4-2-5-9-21)31-28(33)24-14-12-23(13-15-24)22-10-6-3-7-11-22/h2-20,30H,1H3,(H,31,33)/b27-20-. The Bertz CT molecular complexity index is 1390. The Labute approximate surface area is 214 Å². The van der Waals surface area contributed by atoms with E-state index in [4.69, 9.17) is 4.74 Å². The van der Waals surface area contributed by atoms with Crippen molar-refractivity contribution in [3.05, 3.63) is 131 Å². The average molecular weight is 493 g/mol. The zero-order valence-electron chi connectivity index (χ0n) is 19.6. The normalized spacial score (nSPS) is 16.2. The summed E-state index contributed by atoms with van der Waals surface area (Å²) in [5, 5.41) is 1.00. The number of carbonyl (C=O) groups excluding carboxylic acids is 2. The molecule has 5 rings (SSSR count). The SMILES string of the molecule is COc1ccc(C2S/C(=C\c3ccccc3)C(=O)N2NC(=O)c2ccc(-c3ccccc3)cc2)cc1. The highest BCUT2D eigenvalue weighted by Gasteiger charge is 2.38. The summed E-state index contributed by atoms with van der Waals surface area (Å²) in [7, 11) is 1.61. The molecule has 0 aliphatic carbocycles. The van der Waals surface area contributed by atoms with E-state index in [-0.39, 0.29) is 11.8 Å². The summed E-state index contributed by atoms with van der Waals surface area (Å²) in [6.07, 6.45) is 1.85. The Morgan fingerprint density at radius 2 is 1.44 bits per heavy atom. The second kappa shape index (κ2) is 10.5. The number of ether oxygens (including phenoxy) is 1. The van der Waals surface area contributed by atoms with E-state index in [1.165, 1.54) is 16.8 Å². The van der Waals surface area contributed by atoms with Gasteiger partial charge < -0.3 is 4.74 Å². The van der Waals surface area contributed by atoms with Gasteiger partial charge >= 0.3 is 0 Å². The maximum Gasteiger partial charge on any atom is 0.280 e. The number of rotatable bonds is 6. The van der Waals surface area contributed by atoms with Gasteiger partial charge in [-0.25, -0.2) is 5.01 Å². The molecule has 1 unspecified atom stereocenters. The van der Waals surface area contributed by atoms with Crippen LogP contribution in [0.1, 0.15) is 26.9 Å². The second-order valence-corrected chi connectivity index (χ2v) is 9.34. The highest BCUT2D eigenvalue weighted by atomic mass is 32.2. The van der Waals surface area contributed by atoms with E-state index >= 15 is 0 Å². The summed E-state index contributed by atoms with van der Waals surface area (Å²) < 4.78 is 5.28. The van der Waals surface area contributed by atoms with Gasteiger partial charge in [0.25, 0.3) is 11.8 Å². The van der Waals surface area contributed by atoms with Gasteiger partial charge in [0.05, 0.1) is 12.0 Å². The molecule has 178 valence electrons. The Morgan fingerprint density at radius 3 is 2.08 bits per heavy atom. The molecule has 1 heterocycles. The number of nitrogens with one attached hydrogen (secondary N) is 1. The molecule has 0 aromatic heterocycles. The maximum absolute atomic E-state index is 13.4. The molecule has 0 spiro atoms. The first kappa shape index (κ1) is 23.5. The van der Waals surface area contributed by atoms with Crippen molar-refractivity contribution >= 4 is 29.7 Å². The third-order valence-corrected chi connectivity index (χ3v) is 7.13. The van der Waals surface area contributed by atoms with Gasteiger partial charge in [-0.2, -0.15) is 0 Å². The molecule has 1 atom stereocenters. The minimum atomic E-state index is -0.411. The van der Waals surface area contributed by atoms with E-state index in [1.807, 2.05) is 103 Å². The summed E-state index contributed by atoms with van der Waals surface area (Å²) in [6.45, 7) is 0. The van der Waals surface area contributed by atoms with Gasteiger partial charge in [-0.05, 0) is 52.6 Å². The lowest BCUT2D eigenvalue weighted by Crippen LogP contribution is -2.44. The number of hydrogen-bond donors (Lipinski definition) is 1. The molecule has 5 nitrogen and oxygen atoms in total. The number of thioether (sulfide) groups is 1. The third-order valence-electron chi connectivity index (χ3n) is 5.88. The molecule has 2 amide bonds. The quantitative estimate of drug-likeness (QED) is 0.320. The molecular formula is C30H24N2O3S. The summed E-state index contributed by atoms with van der Waals surface area (Å²) in [5.41, 5.74) is 7.22. The van der Waals surface area contributed by atoms with Crippen LogP contribution < -0.4 is 10.2 Å². The van der Waals surface area contributed by atoms with Crippen LogP contribution in [0.2, 0.25) is 0 Å². The van der Waals surface area contributed by atoms with Crippen molar-refractivity contribution in [2.24, 2.45) is 0 Å². The predicted molar refractivity (Wildman–Crippen MR) is 144 cm³/mol. The first-order valence-corrected chi connectivity index (χ1v) is 12.4. The number of methoxy groups -OCH3 is 1. The average Bonchev–Trinajstić information content (AvgIpc) is 3.24. The van der Waals surface area contributed by atoms with Gasteiger partial charge in [-0.3, -0.25) is 15.0 Å². The number of hydrogen-bond acceptors (Lipinski definition) is 4. The fraction of sp³-hybridized carbons (Fsp3) is 0.0667. The van der Waals surface area contributed by atoms with Crippen molar-refractivity contribution in [1.82, 2.24) is 10.4 Å². The number of nitrogens with zero attached hydrogens (tertiary/aromatic N) is 1. The van der Waals surface area contributed by atoms with Gasteiger partial charge in [0.2, 0.25) is 0 Å². The summed E-state index contributed by atoms with van der Waals surface area (Å²) >= 11 is 1.41. The molecule has 4 aromatic carbocycles. The van der Waals surface area contributed by atoms with Crippen LogP contribution in [0.3, 0.4) is 0 Å². The summed E-state index contributed by atoms with van der Waals surface area (Å²) in [4.78, 5) is 27.2. The van der Waals surface area contributed by atoms with Crippen LogP contribution in [0.25, 0.3) is 17.2 Å². The van der Waals surface area contributed by atoms with E-state index in [0.717, 1.165) is 28.0 Å². The molecule has 36 heavy (non-hydrogen) atoms. The smallest absolute Gasteiger partial charge is 0.280 e. The van der Waals surface area contributed by atoms with Gasteiger partial charge in [-0.15, -0.1) is 0 Å². The number of amides is 2. The van der Waals surface area contributed by atoms with Crippen molar-refractivity contribution in [3.63, 3.8) is 0 Å². The minimum absolute atomic E-state index is 0.251. The van der Waals surface area contributed by atoms with Crippen LogP contribution in [0.4, 0.5) is 0 Å². The van der Waals surface area contributed by atoms with Crippen molar-refractivity contribution in [2.75, 3.05) is 7.11 Å². The highest BCUT2D eigenvalue weighted by Crippen LogP contribution is 2.45. The van der Waals surface area contributed by atoms with Gasteiger partial charge in [0.1, 0.15) is 11.1 Å². The van der Waals surface area contributed by atoms with Gasteiger partial charge in [-0.1, -0.05) is 96.7 Å². The molecule has 0 bridgehead atoms. The summed E-state index contributed by atoms with van der Waals surface area (Å²) in [6, 6.07) is 34.5. The number of benzene rings is 4. The molecular weight excluding hydrogens is 468 g/mol. The minimum Gasteiger partial charge on any atom is -0.497 e. The van der Waals surface area contributed by atoms with Crippen LogP contribution in [-0.2, 0) is 4.79 Å². The topological polar surface area (TPSA) is 58.6 Å². The molecule has 4 aromatic rings. The van der Waals surface area contributed by atoms with Crippen LogP contribution in [0.5, 0.6) is 5.75 Å². The molecule has 1 aliphatic heterocycles.